The summed E-state index contributed by atoms with van der Waals surface area (Å²) in [5.74, 6) is 0.442. The van der Waals surface area contributed by atoms with E-state index < -0.39 is 0 Å². The van der Waals surface area contributed by atoms with Crippen molar-refractivity contribution in [3.63, 3.8) is 0 Å². The third kappa shape index (κ3) is 3.69. The van der Waals surface area contributed by atoms with Gasteiger partial charge in [-0.3, -0.25) is 0 Å². The minimum absolute atomic E-state index is 0.0646. The Hall–Kier alpha value is -2.58. The van der Waals surface area contributed by atoms with Gasteiger partial charge in [0.1, 0.15) is 6.61 Å². The van der Waals surface area contributed by atoms with E-state index in [1.54, 1.807) is 12.1 Å². The summed E-state index contributed by atoms with van der Waals surface area (Å²) in [6.45, 7) is 0.597. The molecule has 4 heteroatoms. The highest BCUT2D eigenvalue weighted by Gasteiger charge is 2.04. The Bertz CT molecular complexity index is 590. The van der Waals surface area contributed by atoms with E-state index >= 15 is 0 Å². The van der Waals surface area contributed by atoms with Gasteiger partial charge in [0.25, 0.3) is 0 Å². The minimum Gasteiger partial charge on any atom is -0.504 e. The normalized spacial score (nSPS) is 9.68. The van der Waals surface area contributed by atoms with Gasteiger partial charge in [-0.2, -0.15) is 0 Å². The molecule has 2 rings (SSSR count). The van der Waals surface area contributed by atoms with Crippen molar-refractivity contribution in [3.05, 3.63) is 59.7 Å². The number of phenols is 1. The molecule has 96 valence electrons. The average Bonchev–Trinajstić information content (AvgIpc) is 2.46. The summed E-state index contributed by atoms with van der Waals surface area (Å²) in [7, 11) is 0. The van der Waals surface area contributed by atoms with Crippen LogP contribution in [0.2, 0.25) is 0 Å². The molecule has 0 spiro atoms. The van der Waals surface area contributed by atoms with Gasteiger partial charge in [0.15, 0.2) is 11.5 Å². The van der Waals surface area contributed by atoms with E-state index in [1.165, 1.54) is 12.1 Å². The fraction of sp³-hybridized carbons (Fsp3) is 0.133. The predicted octanol–water partition coefficient (Wildman–Crippen LogP) is 2.81. The highest BCUT2D eigenvalue weighted by molar-refractivity contribution is 5.42. The number of benzene rings is 2. The van der Waals surface area contributed by atoms with E-state index in [1.807, 2.05) is 30.3 Å². The molecule has 0 aliphatic carbocycles. The molecule has 2 aromatic carbocycles. The molecule has 0 aliphatic heterocycles. The topological polar surface area (TPSA) is 58.9 Å². The number of carbonyl (C=O) groups excluding carboxylic acids is 1. The second-order valence-electron chi connectivity index (χ2n) is 3.98. The van der Waals surface area contributed by atoms with Crippen molar-refractivity contribution in [1.29, 1.82) is 0 Å². The Morgan fingerprint density at radius 1 is 1.11 bits per heavy atom. The molecule has 4 nitrogen and oxygen atoms in total. The molecule has 19 heavy (non-hydrogen) atoms. The van der Waals surface area contributed by atoms with Gasteiger partial charge in [-0.1, -0.05) is 36.4 Å². The van der Waals surface area contributed by atoms with Crippen LogP contribution < -0.4 is 4.74 Å². The van der Waals surface area contributed by atoms with Crippen LogP contribution in [-0.4, -0.2) is 11.2 Å². The van der Waals surface area contributed by atoms with Crippen LogP contribution >= 0.6 is 0 Å². The number of phenolic OH excluding ortho intramolecular Hbond substituents is 1. The summed E-state index contributed by atoms with van der Waals surface area (Å²) in [6.07, 6.45) is 1.48. The minimum atomic E-state index is 0.0646. The van der Waals surface area contributed by atoms with Gasteiger partial charge >= 0.3 is 0 Å². The zero-order valence-electron chi connectivity index (χ0n) is 10.2. The molecule has 0 bridgehead atoms. The van der Waals surface area contributed by atoms with E-state index in [4.69, 9.17) is 4.74 Å². The Morgan fingerprint density at radius 2 is 1.89 bits per heavy atom. The largest absolute Gasteiger partial charge is 0.504 e. The number of nitrogens with zero attached hydrogens (tertiary/aromatic N) is 1. The van der Waals surface area contributed by atoms with Gasteiger partial charge in [-0.25, -0.2) is 9.79 Å². The van der Waals surface area contributed by atoms with E-state index in [-0.39, 0.29) is 12.3 Å². The standard InChI is InChI=1S/C15H13NO3/c17-11-16-9-13-6-7-14(18)15(8-13)19-10-12-4-2-1-3-5-12/h1-8,18H,9-10H2. The number of hydrogen-bond acceptors (Lipinski definition) is 4. The fourth-order valence-corrected chi connectivity index (χ4v) is 1.63. The first kappa shape index (κ1) is 12.9. The van der Waals surface area contributed by atoms with Crippen molar-refractivity contribution in [3.8, 4) is 11.5 Å². The van der Waals surface area contributed by atoms with Crippen LogP contribution in [0.1, 0.15) is 11.1 Å². The molecule has 0 fully saturated rings. The SMILES string of the molecule is O=C=NCc1ccc(O)c(OCc2ccccc2)c1. The molecule has 0 aliphatic rings. The number of rotatable bonds is 5. The first-order chi connectivity index (χ1) is 9.29. The molecule has 0 saturated carbocycles. The molecule has 0 radical (unpaired) electrons. The zero-order valence-corrected chi connectivity index (χ0v) is 10.2. The maximum Gasteiger partial charge on any atom is 0.235 e. The second-order valence-corrected chi connectivity index (χ2v) is 3.98. The van der Waals surface area contributed by atoms with Crippen molar-refractivity contribution in [2.24, 2.45) is 4.99 Å². The Kier molecular flexibility index (Phi) is 4.32. The van der Waals surface area contributed by atoms with Crippen molar-refractivity contribution in [2.75, 3.05) is 0 Å². The molecule has 0 amide bonds. The quantitative estimate of drug-likeness (QED) is 0.660. The first-order valence-corrected chi connectivity index (χ1v) is 5.82. The summed E-state index contributed by atoms with van der Waals surface area (Å²) in [6, 6.07) is 14.5. The zero-order chi connectivity index (χ0) is 13.5. The maximum absolute atomic E-state index is 10.1. The van der Waals surface area contributed by atoms with Gasteiger partial charge in [0.05, 0.1) is 6.54 Å². The molecule has 0 heterocycles. The molecule has 0 unspecified atom stereocenters. The molecular formula is C15H13NO3. The van der Waals surface area contributed by atoms with Crippen LogP contribution in [0, 0.1) is 0 Å². The van der Waals surface area contributed by atoms with Crippen molar-refractivity contribution in [2.45, 2.75) is 13.2 Å². The van der Waals surface area contributed by atoms with Gasteiger partial charge < -0.3 is 9.84 Å². The molecule has 1 N–H and O–H groups in total. The van der Waals surface area contributed by atoms with Crippen LogP contribution in [0.15, 0.2) is 53.5 Å². The molecule has 0 saturated heterocycles. The van der Waals surface area contributed by atoms with E-state index in [2.05, 4.69) is 4.99 Å². The summed E-state index contributed by atoms with van der Waals surface area (Å²) < 4.78 is 5.55. The van der Waals surface area contributed by atoms with Crippen molar-refractivity contribution < 1.29 is 14.6 Å². The molecular weight excluding hydrogens is 242 g/mol. The maximum atomic E-state index is 10.1. The lowest BCUT2D eigenvalue weighted by atomic mass is 10.2. The van der Waals surface area contributed by atoms with Crippen molar-refractivity contribution >= 4 is 6.08 Å². The third-order valence-electron chi connectivity index (χ3n) is 2.59. The molecule has 0 atom stereocenters. The summed E-state index contributed by atoms with van der Waals surface area (Å²) in [5, 5.41) is 9.71. The lowest BCUT2D eigenvalue weighted by Crippen LogP contribution is -1.96. The fourth-order valence-electron chi connectivity index (χ4n) is 1.63. The van der Waals surface area contributed by atoms with Gasteiger partial charge in [0, 0.05) is 0 Å². The van der Waals surface area contributed by atoms with Crippen LogP contribution in [0.25, 0.3) is 0 Å². The van der Waals surface area contributed by atoms with Gasteiger partial charge in [0.2, 0.25) is 6.08 Å². The van der Waals surface area contributed by atoms with Gasteiger partial charge in [-0.05, 0) is 23.3 Å². The Balaban J connectivity index is 2.08. The second kappa shape index (κ2) is 6.38. The third-order valence-corrected chi connectivity index (χ3v) is 2.59. The van der Waals surface area contributed by atoms with E-state index in [0.29, 0.717) is 12.4 Å². The van der Waals surface area contributed by atoms with Crippen LogP contribution in [0.5, 0.6) is 11.5 Å². The average molecular weight is 255 g/mol. The number of isocyanates is 1. The Labute approximate surface area is 111 Å². The van der Waals surface area contributed by atoms with E-state index in [9.17, 15) is 9.90 Å². The van der Waals surface area contributed by atoms with Crippen LogP contribution in [-0.2, 0) is 17.9 Å². The smallest absolute Gasteiger partial charge is 0.235 e. The van der Waals surface area contributed by atoms with Crippen LogP contribution in [0.4, 0.5) is 0 Å². The lowest BCUT2D eigenvalue weighted by Gasteiger charge is -2.09. The lowest BCUT2D eigenvalue weighted by molar-refractivity contribution is 0.288. The summed E-state index contributed by atoms with van der Waals surface area (Å²) in [5.41, 5.74) is 1.79. The molecule has 2 aromatic rings. The number of aliphatic imine (C=N–C) groups is 1. The molecule has 0 aromatic heterocycles. The monoisotopic (exact) mass is 255 g/mol. The van der Waals surface area contributed by atoms with Crippen molar-refractivity contribution in [1.82, 2.24) is 0 Å². The van der Waals surface area contributed by atoms with E-state index in [0.717, 1.165) is 11.1 Å². The number of aromatic hydroxyl groups is 1. The van der Waals surface area contributed by atoms with Crippen LogP contribution in [0.3, 0.4) is 0 Å². The highest BCUT2D eigenvalue weighted by atomic mass is 16.5. The number of ether oxygens (including phenoxy) is 1. The van der Waals surface area contributed by atoms with Gasteiger partial charge in [-0.15, -0.1) is 0 Å². The Morgan fingerprint density at radius 3 is 2.63 bits per heavy atom. The summed E-state index contributed by atoms with van der Waals surface area (Å²) in [4.78, 5) is 13.6. The number of hydrogen-bond donors (Lipinski definition) is 1. The highest BCUT2D eigenvalue weighted by Crippen LogP contribution is 2.27. The first-order valence-electron chi connectivity index (χ1n) is 5.82. The predicted molar refractivity (Wildman–Crippen MR) is 70.7 cm³/mol. The summed E-state index contributed by atoms with van der Waals surface area (Å²) >= 11 is 0.